The number of benzene rings is 1. The number of nitrogens with zero attached hydrogens (tertiary/aromatic N) is 5. The van der Waals surface area contributed by atoms with E-state index in [9.17, 15) is 9.18 Å². The van der Waals surface area contributed by atoms with Gasteiger partial charge in [0.1, 0.15) is 24.4 Å². The van der Waals surface area contributed by atoms with Crippen molar-refractivity contribution < 1.29 is 13.7 Å². The second-order valence-electron chi connectivity index (χ2n) is 5.24. The lowest BCUT2D eigenvalue weighted by molar-refractivity contribution is 0.370. The van der Waals surface area contributed by atoms with Crippen LogP contribution in [0.5, 0.6) is 11.6 Å². The Bertz CT molecular complexity index is 1070. The average Bonchev–Trinajstić information content (AvgIpc) is 3.28. The molecular formula is C16H11FN6O3. The van der Waals surface area contributed by atoms with Gasteiger partial charge in [-0.15, -0.1) is 0 Å². The molecule has 0 radical (unpaired) electrons. The minimum Gasteiger partial charge on any atom is -0.439 e. The molecule has 0 fully saturated rings. The molecule has 9 nitrogen and oxygen atoms in total. The standard InChI is InChI=1S/C16H11FN6O3/c17-11-2-4-12(5-3-11)25-13-6-1-10(7-18-13)15-20-14(26-22-15)8-23-9-19-21-16(23)24/h1-7,9H,8H2,(H,21,24). The lowest BCUT2D eigenvalue weighted by atomic mass is 10.3. The van der Waals surface area contributed by atoms with Crippen LogP contribution in [0.25, 0.3) is 11.4 Å². The van der Waals surface area contributed by atoms with Crippen LogP contribution in [0.3, 0.4) is 0 Å². The van der Waals surface area contributed by atoms with E-state index in [0.29, 0.717) is 23.0 Å². The summed E-state index contributed by atoms with van der Waals surface area (Å²) in [5, 5.41) is 9.77. The molecule has 3 heterocycles. The average molecular weight is 354 g/mol. The van der Waals surface area contributed by atoms with E-state index in [4.69, 9.17) is 9.26 Å². The number of aromatic amines is 1. The van der Waals surface area contributed by atoms with Gasteiger partial charge in [0.15, 0.2) is 0 Å². The highest BCUT2D eigenvalue weighted by atomic mass is 19.1. The van der Waals surface area contributed by atoms with Crippen LogP contribution in [0.4, 0.5) is 4.39 Å². The SMILES string of the molecule is O=c1[nH]ncn1Cc1nc(-c2ccc(Oc3ccc(F)cc3)nc2)no1. The third-order valence-corrected chi connectivity index (χ3v) is 3.42. The molecular weight excluding hydrogens is 343 g/mol. The van der Waals surface area contributed by atoms with Crippen molar-refractivity contribution in [3.8, 4) is 23.0 Å². The number of pyridine rings is 1. The second-order valence-corrected chi connectivity index (χ2v) is 5.24. The van der Waals surface area contributed by atoms with Gasteiger partial charge in [-0.05, 0) is 30.3 Å². The second kappa shape index (κ2) is 6.59. The van der Waals surface area contributed by atoms with Gasteiger partial charge in [0.05, 0.1) is 0 Å². The molecule has 0 aliphatic rings. The van der Waals surface area contributed by atoms with Gasteiger partial charge in [0, 0.05) is 17.8 Å². The molecule has 1 aromatic carbocycles. The summed E-state index contributed by atoms with van der Waals surface area (Å²) in [6.45, 7) is 0.113. The Morgan fingerprint density at radius 2 is 2.04 bits per heavy atom. The summed E-state index contributed by atoms with van der Waals surface area (Å²) in [5.74, 6) is 1.06. The molecule has 0 saturated carbocycles. The Morgan fingerprint density at radius 1 is 1.19 bits per heavy atom. The van der Waals surface area contributed by atoms with E-state index < -0.39 is 0 Å². The van der Waals surface area contributed by atoms with Crippen molar-refractivity contribution in [3.05, 3.63) is 71.1 Å². The number of hydrogen-bond donors (Lipinski definition) is 1. The van der Waals surface area contributed by atoms with Crippen molar-refractivity contribution >= 4 is 0 Å². The van der Waals surface area contributed by atoms with Crippen molar-refractivity contribution in [1.82, 2.24) is 29.9 Å². The Balaban J connectivity index is 1.47. The molecule has 0 aliphatic heterocycles. The summed E-state index contributed by atoms with van der Waals surface area (Å²) in [6.07, 6.45) is 2.87. The first kappa shape index (κ1) is 15.7. The fourth-order valence-corrected chi connectivity index (χ4v) is 2.16. The summed E-state index contributed by atoms with van der Waals surface area (Å²) < 4.78 is 24.8. The Labute approximate surface area is 145 Å². The Kier molecular flexibility index (Phi) is 3.98. The quantitative estimate of drug-likeness (QED) is 0.583. The van der Waals surface area contributed by atoms with Gasteiger partial charge in [-0.2, -0.15) is 10.1 Å². The molecule has 0 aliphatic carbocycles. The number of nitrogens with one attached hydrogen (secondary N) is 1. The Morgan fingerprint density at radius 3 is 2.73 bits per heavy atom. The summed E-state index contributed by atoms with van der Waals surface area (Å²) >= 11 is 0. The van der Waals surface area contributed by atoms with E-state index in [0.717, 1.165) is 0 Å². The van der Waals surface area contributed by atoms with Gasteiger partial charge in [-0.1, -0.05) is 5.16 Å². The Hall–Kier alpha value is -3.82. The van der Waals surface area contributed by atoms with Gasteiger partial charge in [-0.25, -0.2) is 19.3 Å². The maximum atomic E-state index is 12.9. The van der Waals surface area contributed by atoms with E-state index in [-0.39, 0.29) is 23.9 Å². The summed E-state index contributed by atoms with van der Waals surface area (Å²) in [6, 6.07) is 8.97. The monoisotopic (exact) mass is 354 g/mol. The maximum absolute atomic E-state index is 12.9. The van der Waals surface area contributed by atoms with Crippen LogP contribution in [0, 0.1) is 5.82 Å². The number of halogens is 1. The number of ether oxygens (including phenoxy) is 1. The zero-order valence-corrected chi connectivity index (χ0v) is 13.2. The van der Waals surface area contributed by atoms with Crippen LogP contribution >= 0.6 is 0 Å². The van der Waals surface area contributed by atoms with E-state index in [2.05, 4.69) is 25.3 Å². The first-order valence-corrected chi connectivity index (χ1v) is 7.49. The fraction of sp³-hybridized carbons (Fsp3) is 0.0625. The predicted octanol–water partition coefficient (Wildman–Crippen LogP) is 2.00. The van der Waals surface area contributed by atoms with Crippen LogP contribution in [0.2, 0.25) is 0 Å². The number of H-pyrrole nitrogens is 1. The van der Waals surface area contributed by atoms with E-state index in [1.54, 1.807) is 12.1 Å². The van der Waals surface area contributed by atoms with Crippen molar-refractivity contribution in [2.24, 2.45) is 0 Å². The highest BCUT2D eigenvalue weighted by molar-refractivity contribution is 5.53. The van der Waals surface area contributed by atoms with Gasteiger partial charge >= 0.3 is 5.69 Å². The van der Waals surface area contributed by atoms with Gasteiger partial charge in [-0.3, -0.25) is 4.57 Å². The fourth-order valence-electron chi connectivity index (χ4n) is 2.16. The molecule has 0 unspecified atom stereocenters. The third-order valence-electron chi connectivity index (χ3n) is 3.42. The lowest BCUT2D eigenvalue weighted by Gasteiger charge is -2.04. The molecule has 3 aromatic heterocycles. The molecule has 4 rings (SSSR count). The molecule has 1 N–H and O–H groups in total. The minimum absolute atomic E-state index is 0.113. The van der Waals surface area contributed by atoms with Crippen LogP contribution in [-0.2, 0) is 6.54 Å². The van der Waals surface area contributed by atoms with Gasteiger partial charge in [0.2, 0.25) is 17.6 Å². The van der Waals surface area contributed by atoms with E-state index in [1.165, 1.54) is 41.4 Å². The molecule has 0 amide bonds. The van der Waals surface area contributed by atoms with Crippen LogP contribution in [-0.4, -0.2) is 29.9 Å². The zero-order chi connectivity index (χ0) is 17.9. The van der Waals surface area contributed by atoms with E-state index >= 15 is 0 Å². The lowest BCUT2D eigenvalue weighted by Crippen LogP contribution is -2.16. The molecule has 0 atom stereocenters. The molecule has 0 saturated heterocycles. The smallest absolute Gasteiger partial charge is 0.343 e. The highest BCUT2D eigenvalue weighted by Gasteiger charge is 2.11. The van der Waals surface area contributed by atoms with Crippen molar-refractivity contribution in [1.29, 1.82) is 0 Å². The van der Waals surface area contributed by atoms with Crippen LogP contribution in [0.15, 0.2) is 58.2 Å². The largest absolute Gasteiger partial charge is 0.439 e. The molecule has 26 heavy (non-hydrogen) atoms. The van der Waals surface area contributed by atoms with Crippen molar-refractivity contribution in [2.45, 2.75) is 6.54 Å². The first-order valence-electron chi connectivity index (χ1n) is 7.49. The molecule has 130 valence electrons. The predicted molar refractivity (Wildman–Crippen MR) is 86.0 cm³/mol. The van der Waals surface area contributed by atoms with Crippen molar-refractivity contribution in [2.75, 3.05) is 0 Å². The molecule has 0 spiro atoms. The third kappa shape index (κ3) is 3.34. The normalized spacial score (nSPS) is 10.8. The van der Waals surface area contributed by atoms with Gasteiger partial charge in [0.25, 0.3) is 0 Å². The van der Waals surface area contributed by atoms with Gasteiger partial charge < -0.3 is 9.26 Å². The maximum Gasteiger partial charge on any atom is 0.343 e. The van der Waals surface area contributed by atoms with Crippen molar-refractivity contribution in [3.63, 3.8) is 0 Å². The number of hydrogen-bond acceptors (Lipinski definition) is 7. The minimum atomic E-state index is -0.367. The molecule has 4 aromatic rings. The first-order chi connectivity index (χ1) is 12.7. The topological polar surface area (TPSA) is 112 Å². The zero-order valence-electron chi connectivity index (χ0n) is 13.2. The number of aromatic nitrogens is 6. The molecule has 0 bridgehead atoms. The summed E-state index contributed by atoms with van der Waals surface area (Å²) in [4.78, 5) is 19.8. The van der Waals surface area contributed by atoms with Crippen LogP contribution < -0.4 is 10.4 Å². The summed E-state index contributed by atoms with van der Waals surface area (Å²) in [7, 11) is 0. The molecule has 10 heteroatoms. The summed E-state index contributed by atoms with van der Waals surface area (Å²) in [5.41, 5.74) is 0.250. The number of rotatable bonds is 5. The van der Waals surface area contributed by atoms with E-state index in [1.807, 2.05) is 0 Å². The highest BCUT2D eigenvalue weighted by Crippen LogP contribution is 2.22. The van der Waals surface area contributed by atoms with Crippen LogP contribution in [0.1, 0.15) is 5.89 Å².